The van der Waals surface area contributed by atoms with Crippen molar-refractivity contribution in [3.8, 4) is 5.75 Å². The number of esters is 1. The van der Waals surface area contributed by atoms with Crippen molar-refractivity contribution >= 4 is 17.3 Å². The highest BCUT2D eigenvalue weighted by atomic mass is 16.6. The van der Waals surface area contributed by atoms with E-state index in [0.29, 0.717) is 37.7 Å². The number of nitro groups is 1. The molecular weight excluding hydrogens is 348 g/mol. The number of aryl methyl sites for hydroxylation is 2. The van der Waals surface area contributed by atoms with Crippen LogP contribution < -0.4 is 9.64 Å². The molecular formula is C20H22N2O5. The average molecular weight is 370 g/mol. The molecule has 0 unspecified atom stereocenters. The van der Waals surface area contributed by atoms with Crippen LogP contribution in [0.4, 0.5) is 11.4 Å². The third kappa shape index (κ3) is 3.93. The summed E-state index contributed by atoms with van der Waals surface area (Å²) in [7, 11) is 0. The van der Waals surface area contributed by atoms with Gasteiger partial charge < -0.3 is 14.4 Å². The van der Waals surface area contributed by atoms with Gasteiger partial charge >= 0.3 is 5.97 Å². The van der Waals surface area contributed by atoms with Crippen molar-refractivity contribution < 1.29 is 19.2 Å². The molecule has 27 heavy (non-hydrogen) atoms. The molecule has 142 valence electrons. The van der Waals surface area contributed by atoms with E-state index in [0.717, 1.165) is 16.7 Å². The van der Waals surface area contributed by atoms with E-state index in [4.69, 9.17) is 9.47 Å². The molecule has 2 aromatic carbocycles. The van der Waals surface area contributed by atoms with Crippen molar-refractivity contribution in [2.45, 2.75) is 20.8 Å². The molecule has 0 saturated carbocycles. The number of ether oxygens (including phenoxy) is 2. The molecule has 0 spiro atoms. The van der Waals surface area contributed by atoms with E-state index in [1.165, 1.54) is 6.07 Å². The number of benzene rings is 2. The summed E-state index contributed by atoms with van der Waals surface area (Å²) < 4.78 is 10.9. The average Bonchev–Trinajstić information content (AvgIpc) is 2.68. The molecule has 1 aliphatic heterocycles. The Balaban J connectivity index is 1.91. The first-order valence-electron chi connectivity index (χ1n) is 8.78. The third-order valence-electron chi connectivity index (χ3n) is 4.83. The van der Waals surface area contributed by atoms with E-state index in [-0.39, 0.29) is 11.3 Å². The van der Waals surface area contributed by atoms with Crippen LogP contribution in [0, 0.1) is 30.9 Å². The van der Waals surface area contributed by atoms with Crippen molar-refractivity contribution in [2.24, 2.45) is 0 Å². The lowest BCUT2D eigenvalue weighted by Gasteiger charge is -2.28. The lowest BCUT2D eigenvalue weighted by Crippen LogP contribution is -2.36. The highest BCUT2D eigenvalue weighted by Gasteiger charge is 2.24. The minimum absolute atomic E-state index is 0.107. The summed E-state index contributed by atoms with van der Waals surface area (Å²) >= 11 is 0. The number of anilines is 1. The number of carbonyl (C=O) groups is 1. The zero-order chi connectivity index (χ0) is 19.6. The van der Waals surface area contributed by atoms with Crippen LogP contribution in [0.3, 0.4) is 0 Å². The molecule has 0 atom stereocenters. The third-order valence-corrected chi connectivity index (χ3v) is 4.83. The van der Waals surface area contributed by atoms with Crippen molar-refractivity contribution in [3.05, 3.63) is 62.7 Å². The second-order valence-electron chi connectivity index (χ2n) is 6.60. The summed E-state index contributed by atoms with van der Waals surface area (Å²) in [6, 6.07) is 8.31. The predicted octanol–water partition coefficient (Wildman–Crippen LogP) is 3.58. The molecule has 0 amide bonds. The summed E-state index contributed by atoms with van der Waals surface area (Å²) in [5, 5.41) is 11.5. The fourth-order valence-electron chi connectivity index (χ4n) is 3.10. The summed E-state index contributed by atoms with van der Waals surface area (Å²) in [5.41, 5.74) is 3.26. The smallest absolute Gasteiger partial charge is 0.343 e. The predicted molar refractivity (Wildman–Crippen MR) is 102 cm³/mol. The van der Waals surface area contributed by atoms with Crippen LogP contribution in [0.1, 0.15) is 27.0 Å². The second kappa shape index (κ2) is 7.75. The van der Waals surface area contributed by atoms with Gasteiger partial charge in [0.25, 0.3) is 5.69 Å². The van der Waals surface area contributed by atoms with Gasteiger partial charge in [0, 0.05) is 19.2 Å². The first-order valence-corrected chi connectivity index (χ1v) is 8.78. The van der Waals surface area contributed by atoms with Gasteiger partial charge in [-0.05, 0) is 49.6 Å². The van der Waals surface area contributed by atoms with Crippen LogP contribution in [0.2, 0.25) is 0 Å². The molecule has 0 N–H and O–H groups in total. The van der Waals surface area contributed by atoms with Gasteiger partial charge in [0.15, 0.2) is 0 Å². The minimum Gasteiger partial charge on any atom is -0.422 e. The molecule has 1 aliphatic rings. The SMILES string of the molecule is Cc1ccc(C)c(OC(=O)c2ccc(N3CCOCC3)c([N+](=O)[O-])c2)c1C. The van der Waals surface area contributed by atoms with Gasteiger partial charge in [0.05, 0.1) is 23.7 Å². The number of morpholine rings is 1. The maximum Gasteiger partial charge on any atom is 0.343 e. The number of rotatable bonds is 4. The molecule has 2 aromatic rings. The van der Waals surface area contributed by atoms with E-state index in [1.807, 2.05) is 37.8 Å². The standard InChI is InChI=1S/C20H22N2O5/c1-13-4-5-14(2)19(15(13)3)27-20(23)16-6-7-17(18(12-16)22(24)25)21-8-10-26-11-9-21/h4-7,12H,8-11H2,1-3H3. The monoisotopic (exact) mass is 370 g/mol. The molecule has 0 aromatic heterocycles. The fraction of sp³-hybridized carbons (Fsp3) is 0.350. The first-order chi connectivity index (χ1) is 12.9. The highest BCUT2D eigenvalue weighted by Crippen LogP contribution is 2.31. The Morgan fingerprint density at radius 3 is 2.44 bits per heavy atom. The minimum atomic E-state index is -0.608. The molecule has 3 rings (SSSR count). The maximum absolute atomic E-state index is 12.6. The lowest BCUT2D eigenvalue weighted by atomic mass is 10.1. The summed E-state index contributed by atoms with van der Waals surface area (Å²) in [6.45, 7) is 7.88. The molecule has 1 saturated heterocycles. The van der Waals surface area contributed by atoms with Gasteiger partial charge in [-0.3, -0.25) is 10.1 Å². The van der Waals surface area contributed by atoms with Crippen molar-refractivity contribution in [1.29, 1.82) is 0 Å². The van der Waals surface area contributed by atoms with Crippen molar-refractivity contribution in [1.82, 2.24) is 0 Å². The number of hydrogen-bond donors (Lipinski definition) is 0. The van der Waals surface area contributed by atoms with E-state index in [9.17, 15) is 14.9 Å². The number of carbonyl (C=O) groups excluding carboxylic acids is 1. The Kier molecular flexibility index (Phi) is 5.41. The topological polar surface area (TPSA) is 81.9 Å². The van der Waals surface area contributed by atoms with E-state index in [1.54, 1.807) is 12.1 Å². The number of nitrogens with zero attached hydrogens (tertiary/aromatic N) is 2. The quantitative estimate of drug-likeness (QED) is 0.354. The molecule has 0 bridgehead atoms. The van der Waals surface area contributed by atoms with E-state index in [2.05, 4.69) is 0 Å². The van der Waals surface area contributed by atoms with Gasteiger partial charge in [-0.1, -0.05) is 12.1 Å². The Morgan fingerprint density at radius 2 is 1.78 bits per heavy atom. The molecule has 0 aliphatic carbocycles. The Bertz CT molecular complexity index is 888. The zero-order valence-electron chi connectivity index (χ0n) is 15.7. The van der Waals surface area contributed by atoms with Gasteiger partial charge in [-0.25, -0.2) is 4.79 Å². The van der Waals surface area contributed by atoms with Crippen LogP contribution in [0.15, 0.2) is 30.3 Å². The first kappa shape index (κ1) is 18.8. The van der Waals surface area contributed by atoms with Crippen LogP contribution >= 0.6 is 0 Å². The Morgan fingerprint density at radius 1 is 1.11 bits per heavy atom. The highest BCUT2D eigenvalue weighted by molar-refractivity contribution is 5.93. The molecule has 7 heteroatoms. The van der Waals surface area contributed by atoms with Crippen molar-refractivity contribution in [2.75, 3.05) is 31.2 Å². The van der Waals surface area contributed by atoms with Gasteiger partial charge in [-0.2, -0.15) is 0 Å². The fourth-order valence-corrected chi connectivity index (χ4v) is 3.10. The zero-order valence-corrected chi connectivity index (χ0v) is 15.7. The van der Waals surface area contributed by atoms with Crippen molar-refractivity contribution in [3.63, 3.8) is 0 Å². The largest absolute Gasteiger partial charge is 0.422 e. The van der Waals surface area contributed by atoms with Crippen LogP contribution in [-0.2, 0) is 4.74 Å². The van der Waals surface area contributed by atoms with E-state index >= 15 is 0 Å². The van der Waals surface area contributed by atoms with Crippen LogP contribution in [-0.4, -0.2) is 37.2 Å². The van der Waals surface area contributed by atoms with Gasteiger partial charge in [-0.15, -0.1) is 0 Å². The number of nitro benzene ring substituents is 1. The molecule has 1 fully saturated rings. The second-order valence-corrected chi connectivity index (χ2v) is 6.60. The van der Waals surface area contributed by atoms with E-state index < -0.39 is 10.9 Å². The lowest BCUT2D eigenvalue weighted by molar-refractivity contribution is -0.384. The van der Waals surface area contributed by atoms with Crippen LogP contribution in [0.5, 0.6) is 5.75 Å². The summed E-state index contributed by atoms with van der Waals surface area (Å²) in [6.07, 6.45) is 0. The molecule has 1 heterocycles. The summed E-state index contributed by atoms with van der Waals surface area (Å²) in [4.78, 5) is 25.6. The Hall–Kier alpha value is -2.93. The van der Waals surface area contributed by atoms with Gasteiger partial charge in [0.1, 0.15) is 11.4 Å². The Labute approximate surface area is 157 Å². The number of hydrogen-bond acceptors (Lipinski definition) is 6. The van der Waals surface area contributed by atoms with Gasteiger partial charge in [0.2, 0.25) is 0 Å². The molecule has 7 nitrogen and oxygen atoms in total. The molecule has 0 radical (unpaired) electrons. The maximum atomic E-state index is 12.6. The summed E-state index contributed by atoms with van der Waals surface area (Å²) in [5.74, 6) is -0.108. The normalized spacial score (nSPS) is 14.1. The van der Waals surface area contributed by atoms with Crippen LogP contribution in [0.25, 0.3) is 0 Å².